The van der Waals surface area contributed by atoms with E-state index >= 15 is 0 Å². The van der Waals surface area contributed by atoms with Crippen molar-refractivity contribution in [1.29, 1.82) is 0 Å². The Labute approximate surface area is 118 Å². The molecule has 1 N–H and O–H groups in total. The number of nitrogens with one attached hydrogen (secondary N) is 1. The molecule has 0 aliphatic carbocycles. The largest absolute Gasteiger partial charge is 0.480 e. The summed E-state index contributed by atoms with van der Waals surface area (Å²) in [6.07, 6.45) is 5.88. The smallest absolute Gasteiger partial charge is 0.237 e. The van der Waals surface area contributed by atoms with Crippen molar-refractivity contribution < 1.29 is 4.74 Å². The van der Waals surface area contributed by atoms with Crippen LogP contribution in [0.3, 0.4) is 0 Å². The molecule has 0 atom stereocenters. The van der Waals surface area contributed by atoms with Gasteiger partial charge in [-0.1, -0.05) is 26.7 Å². The summed E-state index contributed by atoms with van der Waals surface area (Å²) in [7, 11) is 1.68. The van der Waals surface area contributed by atoms with Crippen LogP contribution in [0.25, 0.3) is 4.96 Å². The molecule has 0 saturated heterocycles. The van der Waals surface area contributed by atoms with Crippen LogP contribution < -0.4 is 10.1 Å². The third-order valence-electron chi connectivity index (χ3n) is 3.20. The number of imidazole rings is 1. The van der Waals surface area contributed by atoms with E-state index in [1.807, 2.05) is 11.6 Å². The van der Waals surface area contributed by atoms with Crippen LogP contribution in [0.2, 0.25) is 0 Å². The molecule has 0 fully saturated rings. The van der Waals surface area contributed by atoms with Crippen LogP contribution in [-0.4, -0.2) is 23.0 Å². The molecule has 0 radical (unpaired) electrons. The van der Waals surface area contributed by atoms with E-state index in [-0.39, 0.29) is 0 Å². The van der Waals surface area contributed by atoms with E-state index in [2.05, 4.69) is 28.5 Å². The fourth-order valence-electron chi connectivity index (χ4n) is 2.15. The van der Waals surface area contributed by atoms with Gasteiger partial charge in [0.2, 0.25) is 5.88 Å². The van der Waals surface area contributed by atoms with Crippen LogP contribution >= 0.6 is 11.3 Å². The molecule has 0 amide bonds. The zero-order chi connectivity index (χ0) is 13.7. The first-order chi connectivity index (χ1) is 9.22. The van der Waals surface area contributed by atoms with E-state index in [1.165, 1.54) is 19.3 Å². The molecule has 0 aromatic carbocycles. The van der Waals surface area contributed by atoms with Crippen molar-refractivity contribution in [3.63, 3.8) is 0 Å². The number of aromatic nitrogens is 2. The first kappa shape index (κ1) is 14.3. The molecule has 0 aliphatic rings. The van der Waals surface area contributed by atoms with Crippen molar-refractivity contribution in [2.75, 3.05) is 13.7 Å². The van der Waals surface area contributed by atoms with Gasteiger partial charge in [-0.2, -0.15) is 4.98 Å². The highest BCUT2D eigenvalue weighted by Crippen LogP contribution is 2.22. The quantitative estimate of drug-likeness (QED) is 0.754. The van der Waals surface area contributed by atoms with Crippen LogP contribution in [0, 0.1) is 5.92 Å². The standard InChI is InChI=1S/C14H23N3OS/c1-11(2)6-4-5-7-15-10-12-13(18-3)16-14-17(12)8-9-19-14/h8-9,11,15H,4-7,10H2,1-3H3. The van der Waals surface area contributed by atoms with Gasteiger partial charge in [-0.3, -0.25) is 4.40 Å². The maximum Gasteiger partial charge on any atom is 0.237 e. The normalized spacial score (nSPS) is 11.6. The maximum atomic E-state index is 5.33. The Hall–Kier alpha value is -1.07. The van der Waals surface area contributed by atoms with E-state index < -0.39 is 0 Å². The molecule has 0 saturated carbocycles. The van der Waals surface area contributed by atoms with E-state index in [0.717, 1.165) is 35.5 Å². The molecule has 2 aromatic heterocycles. The fraction of sp³-hybridized carbons (Fsp3) is 0.643. The zero-order valence-electron chi connectivity index (χ0n) is 12.0. The summed E-state index contributed by atoms with van der Waals surface area (Å²) < 4.78 is 7.43. The lowest BCUT2D eigenvalue weighted by atomic mass is 10.1. The average molecular weight is 281 g/mol. The van der Waals surface area contributed by atoms with Gasteiger partial charge >= 0.3 is 0 Å². The lowest BCUT2D eigenvalue weighted by Crippen LogP contribution is -2.16. The Morgan fingerprint density at radius 1 is 1.42 bits per heavy atom. The van der Waals surface area contributed by atoms with E-state index in [9.17, 15) is 0 Å². The number of unbranched alkanes of at least 4 members (excludes halogenated alkanes) is 1. The summed E-state index contributed by atoms with van der Waals surface area (Å²) in [5.74, 6) is 1.54. The zero-order valence-corrected chi connectivity index (χ0v) is 12.8. The summed E-state index contributed by atoms with van der Waals surface area (Å²) in [6.45, 7) is 6.41. The molecular formula is C14H23N3OS. The molecule has 0 unspecified atom stereocenters. The Bertz CT molecular complexity index is 504. The second-order valence-electron chi connectivity index (χ2n) is 5.19. The van der Waals surface area contributed by atoms with Gasteiger partial charge in [0.05, 0.1) is 7.11 Å². The fourth-order valence-corrected chi connectivity index (χ4v) is 2.87. The molecule has 4 nitrogen and oxygen atoms in total. The molecule has 5 heteroatoms. The Morgan fingerprint density at radius 3 is 3.00 bits per heavy atom. The number of ether oxygens (including phenoxy) is 1. The van der Waals surface area contributed by atoms with Crippen molar-refractivity contribution in [2.45, 2.75) is 39.7 Å². The maximum absolute atomic E-state index is 5.33. The van der Waals surface area contributed by atoms with E-state index in [0.29, 0.717) is 0 Å². The lowest BCUT2D eigenvalue weighted by Gasteiger charge is -2.07. The molecule has 0 bridgehead atoms. The number of hydrogen-bond acceptors (Lipinski definition) is 4. The lowest BCUT2D eigenvalue weighted by molar-refractivity contribution is 0.392. The molecule has 0 aliphatic heterocycles. The van der Waals surface area contributed by atoms with Crippen LogP contribution in [0.15, 0.2) is 11.6 Å². The Morgan fingerprint density at radius 2 is 2.26 bits per heavy atom. The van der Waals surface area contributed by atoms with Crippen molar-refractivity contribution in [2.24, 2.45) is 5.92 Å². The SMILES string of the molecule is COc1nc2sccn2c1CNCCCCC(C)C. The van der Waals surface area contributed by atoms with Crippen molar-refractivity contribution >= 4 is 16.3 Å². The predicted molar refractivity (Wildman–Crippen MR) is 80.0 cm³/mol. The summed E-state index contributed by atoms with van der Waals surface area (Å²) in [5, 5.41) is 5.53. The molecule has 19 heavy (non-hydrogen) atoms. The number of fused-ring (bicyclic) bond motifs is 1. The number of hydrogen-bond donors (Lipinski definition) is 1. The summed E-state index contributed by atoms with van der Waals surface area (Å²) in [6, 6.07) is 0. The highest BCUT2D eigenvalue weighted by atomic mass is 32.1. The van der Waals surface area contributed by atoms with Gasteiger partial charge < -0.3 is 10.1 Å². The van der Waals surface area contributed by atoms with Crippen molar-refractivity contribution in [1.82, 2.24) is 14.7 Å². The van der Waals surface area contributed by atoms with Crippen LogP contribution in [-0.2, 0) is 6.54 Å². The molecular weight excluding hydrogens is 258 g/mol. The van der Waals surface area contributed by atoms with Gasteiger partial charge in [-0.15, -0.1) is 11.3 Å². The van der Waals surface area contributed by atoms with Crippen LogP contribution in [0.5, 0.6) is 5.88 Å². The van der Waals surface area contributed by atoms with E-state index in [1.54, 1.807) is 18.4 Å². The summed E-state index contributed by atoms with van der Waals surface area (Å²) >= 11 is 1.63. The minimum Gasteiger partial charge on any atom is -0.480 e. The van der Waals surface area contributed by atoms with Gasteiger partial charge in [0, 0.05) is 18.1 Å². The number of methoxy groups -OCH3 is 1. The highest BCUT2D eigenvalue weighted by molar-refractivity contribution is 7.15. The number of nitrogens with zero attached hydrogens (tertiary/aromatic N) is 2. The molecule has 2 rings (SSSR count). The minimum absolute atomic E-state index is 0.738. The second kappa shape index (κ2) is 6.91. The minimum atomic E-state index is 0.738. The first-order valence-electron chi connectivity index (χ1n) is 6.91. The van der Waals surface area contributed by atoms with Crippen molar-refractivity contribution in [3.05, 3.63) is 17.3 Å². The Balaban J connectivity index is 1.82. The monoisotopic (exact) mass is 281 g/mol. The third kappa shape index (κ3) is 3.70. The molecule has 2 heterocycles. The topological polar surface area (TPSA) is 38.6 Å². The van der Waals surface area contributed by atoms with Gasteiger partial charge in [0.1, 0.15) is 5.69 Å². The van der Waals surface area contributed by atoms with Crippen LogP contribution in [0.4, 0.5) is 0 Å². The first-order valence-corrected chi connectivity index (χ1v) is 7.79. The number of rotatable bonds is 8. The Kier molecular flexibility index (Phi) is 5.22. The molecule has 0 spiro atoms. The molecule has 106 valence electrons. The summed E-state index contributed by atoms with van der Waals surface area (Å²) in [4.78, 5) is 5.44. The highest BCUT2D eigenvalue weighted by Gasteiger charge is 2.12. The van der Waals surface area contributed by atoms with Gasteiger partial charge in [0.25, 0.3) is 0 Å². The van der Waals surface area contributed by atoms with Crippen LogP contribution in [0.1, 0.15) is 38.8 Å². The second-order valence-corrected chi connectivity index (χ2v) is 6.06. The van der Waals surface area contributed by atoms with E-state index in [4.69, 9.17) is 4.74 Å². The van der Waals surface area contributed by atoms with Gasteiger partial charge in [-0.25, -0.2) is 0 Å². The van der Waals surface area contributed by atoms with Gasteiger partial charge in [0.15, 0.2) is 4.96 Å². The predicted octanol–water partition coefficient (Wildman–Crippen LogP) is 3.32. The van der Waals surface area contributed by atoms with Crippen molar-refractivity contribution in [3.8, 4) is 5.88 Å². The average Bonchev–Trinajstić information content (AvgIpc) is 2.94. The number of thiazole rings is 1. The third-order valence-corrected chi connectivity index (χ3v) is 3.95. The van der Waals surface area contributed by atoms with Gasteiger partial charge in [-0.05, 0) is 18.9 Å². The summed E-state index contributed by atoms with van der Waals surface area (Å²) in [5.41, 5.74) is 1.11. The molecule has 2 aromatic rings.